The predicted molar refractivity (Wildman–Crippen MR) is 132 cm³/mol. The maximum atomic E-state index is 12.7. The Morgan fingerprint density at radius 2 is 1.88 bits per heavy atom. The zero-order valence-corrected chi connectivity index (χ0v) is 20.5. The summed E-state index contributed by atoms with van der Waals surface area (Å²) in [5.41, 5.74) is 5.85. The summed E-state index contributed by atoms with van der Waals surface area (Å²) in [5.74, 6) is 1.78. The smallest absolute Gasteiger partial charge is 0.177 e. The van der Waals surface area contributed by atoms with Gasteiger partial charge in [0.1, 0.15) is 23.0 Å². The summed E-state index contributed by atoms with van der Waals surface area (Å²) in [6.07, 6.45) is 3.99. The number of nitrogens with one attached hydrogen (secondary N) is 1. The van der Waals surface area contributed by atoms with Crippen molar-refractivity contribution in [2.45, 2.75) is 51.3 Å². The number of nitrogens with zero attached hydrogens (tertiary/aromatic N) is 2. The van der Waals surface area contributed by atoms with Gasteiger partial charge in [-0.1, -0.05) is 0 Å². The van der Waals surface area contributed by atoms with Gasteiger partial charge in [0.2, 0.25) is 0 Å². The van der Waals surface area contributed by atoms with Crippen molar-refractivity contribution in [3.05, 3.63) is 53.0 Å². The van der Waals surface area contributed by atoms with E-state index in [1.165, 1.54) is 6.26 Å². The second kappa shape index (κ2) is 8.20. The molecule has 34 heavy (non-hydrogen) atoms. The van der Waals surface area contributed by atoms with Gasteiger partial charge in [-0.15, -0.1) is 0 Å². The van der Waals surface area contributed by atoms with Gasteiger partial charge < -0.3 is 9.73 Å². The highest BCUT2D eigenvalue weighted by Crippen LogP contribution is 2.39. The Balaban J connectivity index is 1.56. The number of anilines is 2. The molecule has 1 aliphatic carbocycles. The largest absolute Gasteiger partial charge is 0.461 e. The molecule has 0 spiro atoms. The third kappa shape index (κ3) is 4.42. The van der Waals surface area contributed by atoms with Crippen molar-refractivity contribution in [2.24, 2.45) is 10.9 Å². The first-order valence-electron chi connectivity index (χ1n) is 11.4. The van der Waals surface area contributed by atoms with E-state index in [0.717, 1.165) is 35.6 Å². The van der Waals surface area contributed by atoms with Gasteiger partial charge >= 0.3 is 0 Å². The van der Waals surface area contributed by atoms with Crippen LogP contribution in [0.1, 0.15) is 42.5 Å². The molecule has 1 aromatic carbocycles. The molecule has 7 nitrogen and oxygen atoms in total. The molecule has 3 heterocycles. The second-order valence-corrected chi connectivity index (χ2v) is 11.4. The topological polar surface area (TPSA) is 102 Å². The number of furan rings is 1. The van der Waals surface area contributed by atoms with Crippen LogP contribution in [0.4, 0.5) is 17.1 Å². The van der Waals surface area contributed by atoms with Crippen LogP contribution in [0.15, 0.2) is 44.6 Å². The van der Waals surface area contributed by atoms with Crippen molar-refractivity contribution >= 4 is 38.4 Å². The molecule has 0 saturated heterocycles. The number of pyridine rings is 1. The number of benzene rings is 1. The third-order valence-electron chi connectivity index (χ3n) is 6.19. The van der Waals surface area contributed by atoms with Crippen LogP contribution in [0.3, 0.4) is 0 Å². The molecule has 0 atom stereocenters. The number of ketones is 1. The van der Waals surface area contributed by atoms with Gasteiger partial charge in [-0.2, -0.15) is 0 Å². The fourth-order valence-electron chi connectivity index (χ4n) is 4.43. The first-order valence-corrected chi connectivity index (χ1v) is 13.3. The van der Waals surface area contributed by atoms with Gasteiger partial charge in [0.25, 0.3) is 0 Å². The molecule has 1 fully saturated rings. The zero-order valence-electron chi connectivity index (χ0n) is 19.7. The average Bonchev–Trinajstić information content (AvgIpc) is 3.45. The average molecular weight is 478 g/mol. The summed E-state index contributed by atoms with van der Waals surface area (Å²) in [7, 11) is -3.56. The summed E-state index contributed by atoms with van der Waals surface area (Å²) in [5, 5.41) is 3.29. The lowest BCUT2D eigenvalue weighted by Gasteiger charge is -2.15. The first kappa shape index (κ1) is 22.5. The molecular weight excluding hydrogens is 450 g/mol. The zero-order chi connectivity index (χ0) is 24.2. The van der Waals surface area contributed by atoms with Crippen LogP contribution in [-0.2, 0) is 27.5 Å². The first-order chi connectivity index (χ1) is 16.1. The van der Waals surface area contributed by atoms with E-state index < -0.39 is 9.84 Å². The Hall–Kier alpha value is -3.26. The lowest BCUT2D eigenvalue weighted by molar-refractivity contribution is -0.119. The Morgan fingerprint density at radius 1 is 1.12 bits per heavy atom. The van der Waals surface area contributed by atoms with E-state index in [2.05, 4.69) is 15.3 Å². The van der Waals surface area contributed by atoms with E-state index >= 15 is 0 Å². The molecule has 176 valence electrons. The molecule has 0 amide bonds. The van der Waals surface area contributed by atoms with Gasteiger partial charge in [0.15, 0.2) is 9.84 Å². The number of fused-ring (bicyclic) bond motifs is 1. The van der Waals surface area contributed by atoms with Gasteiger partial charge in [0, 0.05) is 36.3 Å². The van der Waals surface area contributed by atoms with Gasteiger partial charge in [0.05, 0.1) is 27.7 Å². The fraction of sp³-hybridized carbons (Fsp3) is 0.346. The maximum Gasteiger partial charge on any atom is 0.177 e. The van der Waals surface area contributed by atoms with Crippen molar-refractivity contribution in [1.29, 1.82) is 0 Å². The number of carbonyl (C=O) groups excluding carboxylic acids is 1. The Morgan fingerprint density at radius 3 is 2.53 bits per heavy atom. The van der Waals surface area contributed by atoms with E-state index in [1.54, 1.807) is 12.1 Å². The highest BCUT2D eigenvalue weighted by atomic mass is 32.2. The summed E-state index contributed by atoms with van der Waals surface area (Å²) in [4.78, 5) is 21.9. The van der Waals surface area contributed by atoms with Gasteiger partial charge in [-0.05, 0) is 69.5 Å². The Bertz CT molecular complexity index is 1460. The Labute approximate surface area is 199 Å². The quantitative estimate of drug-likeness (QED) is 0.497. The van der Waals surface area contributed by atoms with Crippen LogP contribution in [0, 0.1) is 19.8 Å². The van der Waals surface area contributed by atoms with Crippen LogP contribution < -0.4 is 5.32 Å². The number of aromatic nitrogens is 1. The third-order valence-corrected chi connectivity index (χ3v) is 7.32. The summed E-state index contributed by atoms with van der Waals surface area (Å²) >= 11 is 0. The normalized spacial score (nSPS) is 15.2. The molecule has 1 saturated carbocycles. The van der Waals surface area contributed by atoms with Crippen LogP contribution in [0.25, 0.3) is 11.3 Å². The predicted octanol–water partition coefficient (Wildman–Crippen LogP) is 5.28. The van der Waals surface area contributed by atoms with E-state index in [9.17, 15) is 13.2 Å². The maximum absolute atomic E-state index is 12.7. The number of rotatable bonds is 7. The molecule has 1 aliphatic heterocycles. The number of hydrogen-bond acceptors (Lipinski definition) is 7. The number of hydrogen-bond donors (Lipinski definition) is 1. The summed E-state index contributed by atoms with van der Waals surface area (Å²) < 4.78 is 31.3. The van der Waals surface area contributed by atoms with Crippen LogP contribution in [-0.4, -0.2) is 31.2 Å². The highest BCUT2D eigenvalue weighted by Gasteiger charge is 2.30. The van der Waals surface area contributed by atoms with E-state index in [1.807, 2.05) is 39.0 Å². The minimum atomic E-state index is -3.56. The number of sulfone groups is 1. The van der Waals surface area contributed by atoms with E-state index in [-0.39, 0.29) is 23.0 Å². The number of aryl methyl sites for hydroxylation is 2. The molecule has 3 aromatic rings. The van der Waals surface area contributed by atoms with Crippen molar-refractivity contribution < 1.29 is 17.6 Å². The lowest BCUT2D eigenvalue weighted by Crippen LogP contribution is -2.09. The number of Topliss-reactive ketones (excluding diaryl/α,β-unsaturated/α-hetero) is 1. The summed E-state index contributed by atoms with van der Waals surface area (Å²) in [6.45, 7) is 5.73. The van der Waals surface area contributed by atoms with Crippen molar-refractivity contribution in [1.82, 2.24) is 4.98 Å². The second-order valence-electron chi connectivity index (χ2n) is 9.37. The molecule has 2 aromatic heterocycles. The molecular formula is C26H27N3O4S. The number of aliphatic imine (C=N–C) groups is 1. The van der Waals surface area contributed by atoms with Crippen LogP contribution in [0.2, 0.25) is 0 Å². The SMILES string of the molecule is CC1=Nc2c(Nc3ccc(-c4oc(C)cc4C)cc3S(C)(=O)=O)cc(CC(=O)C3CC3)nc2C1. The molecule has 0 bridgehead atoms. The lowest BCUT2D eigenvalue weighted by atomic mass is 10.1. The minimum absolute atomic E-state index is 0.155. The van der Waals surface area contributed by atoms with E-state index in [4.69, 9.17) is 4.42 Å². The molecule has 0 radical (unpaired) electrons. The standard InChI is InChI=1S/C26H27N3O4S/c1-14-9-16(3)33-26(14)18-7-8-20(24(11-18)34(4,31)32)29-22-12-19(13-23(30)17-5-6-17)28-21-10-15(2)27-25(21)22/h7-9,11-12,17H,5-6,10,13H2,1-4H3,(H,28,29). The van der Waals surface area contributed by atoms with Crippen LogP contribution in [0.5, 0.6) is 0 Å². The van der Waals surface area contributed by atoms with Crippen LogP contribution >= 0.6 is 0 Å². The minimum Gasteiger partial charge on any atom is -0.461 e. The van der Waals surface area contributed by atoms with Crippen molar-refractivity contribution in [2.75, 3.05) is 11.6 Å². The van der Waals surface area contributed by atoms with E-state index in [0.29, 0.717) is 40.5 Å². The number of carbonyl (C=O) groups is 1. The summed E-state index contributed by atoms with van der Waals surface area (Å²) in [6, 6.07) is 8.97. The molecule has 2 aliphatic rings. The molecule has 8 heteroatoms. The monoisotopic (exact) mass is 477 g/mol. The molecule has 1 N–H and O–H groups in total. The molecule has 0 unspecified atom stereocenters. The Kier molecular flexibility index (Phi) is 5.43. The highest BCUT2D eigenvalue weighted by molar-refractivity contribution is 7.90. The van der Waals surface area contributed by atoms with Crippen molar-refractivity contribution in [3.8, 4) is 11.3 Å². The fourth-order valence-corrected chi connectivity index (χ4v) is 5.29. The van der Waals surface area contributed by atoms with Crippen molar-refractivity contribution in [3.63, 3.8) is 0 Å². The van der Waals surface area contributed by atoms with Gasteiger partial charge in [-0.3, -0.25) is 14.8 Å². The van der Waals surface area contributed by atoms with Gasteiger partial charge in [-0.25, -0.2) is 8.42 Å². The molecule has 5 rings (SSSR count).